The molecule has 0 spiro atoms. The monoisotopic (exact) mass is 373 g/mol. The average molecular weight is 374 g/mol. The number of carbonyl (C=O) groups is 1. The van der Waals surface area contributed by atoms with Gasteiger partial charge in [-0.05, 0) is 31.3 Å². The van der Waals surface area contributed by atoms with Gasteiger partial charge in [0.1, 0.15) is 0 Å². The zero-order valence-corrected chi connectivity index (χ0v) is 17.5. The first-order valence-electron chi connectivity index (χ1n) is 10.4. The Morgan fingerprint density at radius 3 is 1.41 bits per heavy atom. The number of carboxylic acids is 1. The van der Waals surface area contributed by atoms with E-state index in [9.17, 15) is 4.79 Å². The first-order chi connectivity index (χ1) is 13.2. The van der Waals surface area contributed by atoms with Crippen molar-refractivity contribution < 1.29 is 9.90 Å². The van der Waals surface area contributed by atoms with Crippen molar-refractivity contribution in [3.05, 3.63) is 48.5 Å². The van der Waals surface area contributed by atoms with Crippen molar-refractivity contribution in [1.82, 2.24) is 5.32 Å². The maximum Gasteiger partial charge on any atom is 0.303 e. The molecule has 152 valence electrons. The summed E-state index contributed by atoms with van der Waals surface area (Å²) in [6, 6.07) is 16.7. The lowest BCUT2D eigenvalue weighted by atomic mass is 10.1. The number of rotatable bonds is 10. The van der Waals surface area contributed by atoms with Gasteiger partial charge in [0.15, 0.2) is 0 Å². The fourth-order valence-corrected chi connectivity index (χ4v) is 2.72. The minimum absolute atomic E-state index is 0.343. The lowest BCUT2D eigenvalue weighted by Crippen LogP contribution is -1.93. The Balaban J connectivity index is 0.000000450. The Morgan fingerprint density at radius 2 is 1.07 bits per heavy atom. The molecule has 0 radical (unpaired) electrons. The van der Waals surface area contributed by atoms with E-state index in [0.29, 0.717) is 6.42 Å². The van der Waals surface area contributed by atoms with E-state index in [1.807, 2.05) is 14.1 Å². The first kappa shape index (κ1) is 25.1. The minimum Gasteiger partial charge on any atom is -0.481 e. The summed E-state index contributed by atoms with van der Waals surface area (Å²) in [5.74, 6) is -0.659. The number of benzene rings is 2. The van der Waals surface area contributed by atoms with Gasteiger partial charge >= 0.3 is 5.97 Å². The third-order valence-electron chi connectivity index (χ3n) is 4.15. The van der Waals surface area contributed by atoms with Gasteiger partial charge in [0.25, 0.3) is 0 Å². The normalized spacial score (nSPS) is 9.74. The molecule has 0 amide bonds. The number of hydrogen-bond acceptors (Lipinski definition) is 2. The predicted octanol–water partition coefficient (Wildman–Crippen LogP) is 6.67. The molecule has 0 bridgehead atoms. The second-order valence-corrected chi connectivity index (χ2v) is 6.82. The molecule has 3 nitrogen and oxygen atoms in total. The van der Waals surface area contributed by atoms with Crippen LogP contribution in [0.1, 0.15) is 71.1 Å². The van der Waals surface area contributed by atoms with Gasteiger partial charge in [-0.3, -0.25) is 4.79 Å². The molecular formula is C24H39NO2. The number of carboxylic acid groups (broad SMARTS) is 1. The van der Waals surface area contributed by atoms with Crippen LogP contribution in [-0.2, 0) is 4.79 Å². The highest BCUT2D eigenvalue weighted by Crippen LogP contribution is 2.11. The van der Waals surface area contributed by atoms with Crippen LogP contribution in [0.5, 0.6) is 0 Å². The summed E-state index contributed by atoms with van der Waals surface area (Å²) < 4.78 is 0. The summed E-state index contributed by atoms with van der Waals surface area (Å²) in [7, 11) is 3.75. The topological polar surface area (TPSA) is 49.3 Å². The van der Waals surface area contributed by atoms with Crippen molar-refractivity contribution in [2.75, 3.05) is 14.1 Å². The van der Waals surface area contributed by atoms with Crippen LogP contribution in [-0.4, -0.2) is 25.2 Å². The van der Waals surface area contributed by atoms with E-state index in [0.717, 1.165) is 12.8 Å². The highest BCUT2D eigenvalue weighted by atomic mass is 16.4. The van der Waals surface area contributed by atoms with Crippen molar-refractivity contribution in [3.8, 4) is 0 Å². The lowest BCUT2D eigenvalue weighted by molar-refractivity contribution is -0.137. The van der Waals surface area contributed by atoms with Crippen LogP contribution in [0.25, 0.3) is 10.8 Å². The van der Waals surface area contributed by atoms with E-state index in [2.05, 4.69) is 60.8 Å². The van der Waals surface area contributed by atoms with E-state index in [4.69, 9.17) is 5.11 Å². The Labute approximate surface area is 166 Å². The van der Waals surface area contributed by atoms with Crippen molar-refractivity contribution >= 4 is 16.7 Å². The van der Waals surface area contributed by atoms with Crippen LogP contribution in [0.4, 0.5) is 0 Å². The van der Waals surface area contributed by atoms with Gasteiger partial charge in [-0.2, -0.15) is 0 Å². The molecule has 0 fully saturated rings. The van der Waals surface area contributed by atoms with Gasteiger partial charge in [-0.15, -0.1) is 0 Å². The second-order valence-electron chi connectivity index (χ2n) is 6.82. The van der Waals surface area contributed by atoms with Crippen LogP contribution in [0.15, 0.2) is 48.5 Å². The molecule has 0 unspecified atom stereocenters. The first-order valence-corrected chi connectivity index (χ1v) is 10.4. The number of unbranched alkanes of at least 4 members (excludes halogenated alkanes) is 8. The zero-order chi connectivity index (χ0) is 20.2. The van der Waals surface area contributed by atoms with Gasteiger partial charge in [-0.25, -0.2) is 0 Å². The molecular weight excluding hydrogens is 334 g/mol. The second kappa shape index (κ2) is 18.9. The standard InChI is InChI=1S/C12H24O2.C10H8.C2H7N/c1-2-3-4-5-6-7-8-9-10-11-12(13)14;1-2-6-10-8-4-3-7-9(10)5-1;1-3-2/h2-11H2,1H3,(H,13,14);1-8H;3H,1-2H3. The Morgan fingerprint density at radius 1 is 0.741 bits per heavy atom. The molecule has 2 rings (SSSR count). The lowest BCUT2D eigenvalue weighted by Gasteiger charge is -2.00. The molecule has 0 aliphatic rings. The summed E-state index contributed by atoms with van der Waals surface area (Å²) >= 11 is 0. The third kappa shape index (κ3) is 16.1. The number of nitrogens with one attached hydrogen (secondary N) is 1. The van der Waals surface area contributed by atoms with Crippen LogP contribution < -0.4 is 5.32 Å². The minimum atomic E-state index is -0.659. The molecule has 0 aliphatic carbocycles. The maximum atomic E-state index is 10.2. The van der Waals surface area contributed by atoms with Gasteiger partial charge in [0, 0.05) is 6.42 Å². The van der Waals surface area contributed by atoms with E-state index in [1.165, 1.54) is 55.7 Å². The SMILES string of the molecule is CCCCCCCCCCCC(=O)O.CNC.c1ccc2ccccc2c1. The fraction of sp³-hybridized carbons (Fsp3) is 0.542. The molecule has 0 atom stereocenters. The highest BCUT2D eigenvalue weighted by Gasteiger charge is 1.96. The number of hydrogen-bond donors (Lipinski definition) is 2. The fourth-order valence-electron chi connectivity index (χ4n) is 2.72. The number of aliphatic carboxylic acids is 1. The summed E-state index contributed by atoms with van der Waals surface area (Å²) in [5.41, 5.74) is 0. The summed E-state index contributed by atoms with van der Waals surface area (Å²) in [5, 5.41) is 13.8. The van der Waals surface area contributed by atoms with Crippen molar-refractivity contribution in [2.45, 2.75) is 71.1 Å². The summed E-state index contributed by atoms with van der Waals surface area (Å²) in [6.07, 6.45) is 11.5. The van der Waals surface area contributed by atoms with Crippen molar-refractivity contribution in [3.63, 3.8) is 0 Å². The Kier molecular flexibility index (Phi) is 17.6. The van der Waals surface area contributed by atoms with E-state index < -0.39 is 5.97 Å². The van der Waals surface area contributed by atoms with E-state index in [-0.39, 0.29) is 0 Å². The Hall–Kier alpha value is -1.87. The molecule has 0 saturated carbocycles. The smallest absolute Gasteiger partial charge is 0.303 e. The molecule has 0 saturated heterocycles. The van der Waals surface area contributed by atoms with Gasteiger partial charge < -0.3 is 10.4 Å². The highest BCUT2D eigenvalue weighted by molar-refractivity contribution is 5.82. The van der Waals surface area contributed by atoms with Crippen LogP contribution in [0, 0.1) is 0 Å². The van der Waals surface area contributed by atoms with Crippen LogP contribution in [0.3, 0.4) is 0 Å². The third-order valence-corrected chi connectivity index (χ3v) is 4.15. The van der Waals surface area contributed by atoms with Crippen LogP contribution in [0.2, 0.25) is 0 Å². The molecule has 27 heavy (non-hydrogen) atoms. The van der Waals surface area contributed by atoms with Gasteiger partial charge in [-0.1, -0.05) is 107 Å². The molecule has 0 aromatic heterocycles. The zero-order valence-electron chi connectivity index (χ0n) is 17.5. The van der Waals surface area contributed by atoms with Gasteiger partial charge in [0.05, 0.1) is 0 Å². The van der Waals surface area contributed by atoms with Crippen molar-refractivity contribution in [1.29, 1.82) is 0 Å². The van der Waals surface area contributed by atoms with Crippen molar-refractivity contribution in [2.24, 2.45) is 0 Å². The summed E-state index contributed by atoms with van der Waals surface area (Å²) in [6.45, 7) is 2.23. The van der Waals surface area contributed by atoms with Gasteiger partial charge in [0.2, 0.25) is 0 Å². The predicted molar refractivity (Wildman–Crippen MR) is 118 cm³/mol. The summed E-state index contributed by atoms with van der Waals surface area (Å²) in [4.78, 5) is 10.2. The molecule has 0 heterocycles. The number of fused-ring (bicyclic) bond motifs is 1. The largest absolute Gasteiger partial charge is 0.481 e. The maximum absolute atomic E-state index is 10.2. The van der Waals surface area contributed by atoms with E-state index in [1.54, 1.807) is 0 Å². The molecule has 3 heteroatoms. The molecule has 2 aromatic rings. The molecule has 2 aromatic carbocycles. The van der Waals surface area contributed by atoms with E-state index >= 15 is 0 Å². The average Bonchev–Trinajstić information content (AvgIpc) is 2.68. The Bertz CT molecular complexity index is 518. The molecule has 2 N–H and O–H groups in total. The van der Waals surface area contributed by atoms with Crippen LogP contribution >= 0.6 is 0 Å². The molecule has 0 aliphatic heterocycles. The quantitative estimate of drug-likeness (QED) is 0.457.